The van der Waals surface area contributed by atoms with Crippen LogP contribution in [0.15, 0.2) is 30.3 Å². The van der Waals surface area contributed by atoms with Gasteiger partial charge in [-0.25, -0.2) is 4.79 Å². The number of nitrogens with one attached hydrogen (secondary N) is 1. The van der Waals surface area contributed by atoms with Crippen LogP contribution >= 0.6 is 11.3 Å². The van der Waals surface area contributed by atoms with Crippen LogP contribution in [0.5, 0.6) is 0 Å². The Bertz CT molecular complexity index is 1010. The minimum Gasteiger partial charge on any atom is -0.480 e. The van der Waals surface area contributed by atoms with Crippen LogP contribution in [0, 0.1) is 5.92 Å². The number of benzene rings is 1. The molecule has 1 aromatic carbocycles. The van der Waals surface area contributed by atoms with Gasteiger partial charge in [-0.2, -0.15) is 0 Å². The molecule has 1 aliphatic carbocycles. The summed E-state index contributed by atoms with van der Waals surface area (Å²) >= 11 is 1.22. The number of hydrogen-bond donors (Lipinski definition) is 4. The first-order valence-corrected chi connectivity index (χ1v) is 12.0. The van der Waals surface area contributed by atoms with E-state index in [-0.39, 0.29) is 17.5 Å². The Balaban J connectivity index is 1.92. The molecule has 0 radical (unpaired) electrons. The Morgan fingerprint density at radius 3 is 2.45 bits per heavy atom. The molecule has 0 bridgehead atoms. The first-order valence-electron chi connectivity index (χ1n) is 11.2. The third kappa shape index (κ3) is 6.33. The predicted octanol–water partition coefficient (Wildman–Crippen LogP) is 4.25. The number of thiophene rings is 1. The molecule has 33 heavy (non-hydrogen) atoms. The number of carbonyl (C=O) groups excluding carboxylic acids is 2. The smallest absolute Gasteiger partial charge is 0.320 e. The van der Waals surface area contributed by atoms with Crippen molar-refractivity contribution in [3.05, 3.63) is 41.5 Å². The second kappa shape index (κ2) is 10.8. The van der Waals surface area contributed by atoms with E-state index in [1.54, 1.807) is 6.07 Å². The number of urea groups is 1. The molecule has 1 saturated carbocycles. The van der Waals surface area contributed by atoms with Gasteiger partial charge in [-0.1, -0.05) is 44.9 Å². The van der Waals surface area contributed by atoms with E-state index in [2.05, 4.69) is 10.2 Å². The van der Waals surface area contributed by atoms with Gasteiger partial charge < -0.3 is 16.6 Å². The average molecular weight is 473 g/mol. The molecule has 1 aromatic heterocycles. The summed E-state index contributed by atoms with van der Waals surface area (Å²) in [6.07, 6.45) is 4.86. The number of carboxylic acid groups (broad SMARTS) is 1. The zero-order valence-electron chi connectivity index (χ0n) is 19.0. The summed E-state index contributed by atoms with van der Waals surface area (Å²) in [4.78, 5) is 38.2. The van der Waals surface area contributed by atoms with Gasteiger partial charge in [0.2, 0.25) is 0 Å². The van der Waals surface area contributed by atoms with Gasteiger partial charge in [0, 0.05) is 17.5 Å². The first-order chi connectivity index (χ1) is 15.7. The number of nitrogens with two attached hydrogens (primary N) is 2. The summed E-state index contributed by atoms with van der Waals surface area (Å²) in [6.45, 7) is 4.63. The third-order valence-electron chi connectivity index (χ3n) is 5.98. The maximum Gasteiger partial charge on any atom is 0.320 e. The number of amides is 3. The Labute approximate surface area is 198 Å². The van der Waals surface area contributed by atoms with E-state index >= 15 is 0 Å². The van der Waals surface area contributed by atoms with Gasteiger partial charge >= 0.3 is 12.0 Å². The summed E-state index contributed by atoms with van der Waals surface area (Å²) in [6, 6.07) is 8.42. The Morgan fingerprint density at radius 2 is 1.88 bits per heavy atom. The zero-order valence-corrected chi connectivity index (χ0v) is 19.9. The van der Waals surface area contributed by atoms with Crippen molar-refractivity contribution in [1.82, 2.24) is 4.90 Å². The van der Waals surface area contributed by atoms with E-state index in [1.807, 2.05) is 38.1 Å². The van der Waals surface area contributed by atoms with Gasteiger partial charge in [0.05, 0.1) is 5.56 Å². The molecule has 9 heteroatoms. The summed E-state index contributed by atoms with van der Waals surface area (Å²) < 4.78 is 0. The number of carboxylic acids is 1. The second-order valence-corrected chi connectivity index (χ2v) is 10.1. The number of nitrogens with zero attached hydrogens (tertiary/aromatic N) is 1. The number of carbonyl (C=O) groups is 3. The number of hydrogen-bond acceptors (Lipinski definition) is 5. The Hall–Kier alpha value is -2.91. The van der Waals surface area contributed by atoms with Crippen LogP contribution in [0.25, 0.3) is 10.4 Å². The fourth-order valence-corrected chi connectivity index (χ4v) is 5.57. The van der Waals surface area contributed by atoms with Crippen molar-refractivity contribution < 1.29 is 19.5 Å². The van der Waals surface area contributed by atoms with Crippen LogP contribution in [0.3, 0.4) is 0 Å². The minimum absolute atomic E-state index is 0.203. The molecule has 1 fully saturated rings. The van der Waals surface area contributed by atoms with Gasteiger partial charge in [0.15, 0.2) is 0 Å². The lowest BCUT2D eigenvalue weighted by molar-refractivity contribution is -0.145. The molecule has 0 spiro atoms. The predicted molar refractivity (Wildman–Crippen MR) is 130 cm³/mol. The highest BCUT2D eigenvalue weighted by atomic mass is 32.1. The van der Waals surface area contributed by atoms with Crippen molar-refractivity contribution in [3.8, 4) is 10.4 Å². The van der Waals surface area contributed by atoms with Crippen LogP contribution in [-0.4, -0.2) is 40.0 Å². The molecule has 1 heterocycles. The van der Waals surface area contributed by atoms with Gasteiger partial charge in [0.25, 0.3) is 5.91 Å². The third-order valence-corrected chi connectivity index (χ3v) is 7.08. The molecule has 6 N–H and O–H groups in total. The average Bonchev–Trinajstić information content (AvgIpc) is 3.40. The minimum atomic E-state index is -0.779. The molecular weight excluding hydrogens is 440 g/mol. The molecule has 0 saturated heterocycles. The molecule has 0 unspecified atom stereocenters. The largest absolute Gasteiger partial charge is 0.480 e. The summed E-state index contributed by atoms with van der Waals surface area (Å²) in [5, 5.41) is 12.8. The first kappa shape index (κ1) is 24.7. The van der Waals surface area contributed by atoms with E-state index < -0.39 is 23.9 Å². The topological polar surface area (TPSA) is 139 Å². The normalized spacial score (nSPS) is 15.2. The molecular formula is C24H32N4O4S. The van der Waals surface area contributed by atoms with Crippen LogP contribution < -0.4 is 16.8 Å². The fraction of sp³-hybridized carbons (Fsp3) is 0.458. The Morgan fingerprint density at radius 1 is 1.18 bits per heavy atom. The lowest BCUT2D eigenvalue weighted by Gasteiger charge is -2.35. The molecule has 1 atom stereocenters. The van der Waals surface area contributed by atoms with Crippen LogP contribution in [-0.2, 0) is 11.3 Å². The maximum absolute atomic E-state index is 12.2. The Kier molecular flexibility index (Phi) is 8.10. The zero-order chi connectivity index (χ0) is 24.1. The summed E-state index contributed by atoms with van der Waals surface area (Å²) in [5.41, 5.74) is 12.7. The molecule has 1 aliphatic rings. The molecule has 0 aliphatic heterocycles. The van der Waals surface area contributed by atoms with E-state index in [4.69, 9.17) is 11.5 Å². The summed E-state index contributed by atoms with van der Waals surface area (Å²) in [7, 11) is 0. The van der Waals surface area contributed by atoms with Crippen LogP contribution in [0.2, 0.25) is 0 Å². The number of anilines is 1. The van der Waals surface area contributed by atoms with Gasteiger partial charge in [-0.15, -0.1) is 11.3 Å². The van der Waals surface area contributed by atoms with Crippen LogP contribution in [0.4, 0.5) is 9.80 Å². The van der Waals surface area contributed by atoms with Crippen molar-refractivity contribution in [2.75, 3.05) is 5.32 Å². The lowest BCUT2D eigenvalue weighted by Crippen LogP contribution is -2.46. The monoisotopic (exact) mass is 472 g/mol. The van der Waals surface area contributed by atoms with Crippen molar-refractivity contribution >= 4 is 34.2 Å². The highest BCUT2D eigenvalue weighted by Gasteiger charge is 2.33. The quantitative estimate of drug-likeness (QED) is 0.409. The van der Waals surface area contributed by atoms with E-state index in [9.17, 15) is 19.5 Å². The molecule has 8 nitrogen and oxygen atoms in total. The van der Waals surface area contributed by atoms with Gasteiger partial charge in [-0.05, 0) is 48.4 Å². The number of aliphatic carboxylic acids is 1. The van der Waals surface area contributed by atoms with Gasteiger partial charge in [0.1, 0.15) is 11.0 Å². The van der Waals surface area contributed by atoms with Gasteiger partial charge in [-0.3, -0.25) is 19.8 Å². The standard InChI is InChI=1S/C24H32N4O4S/c1-14(2)10-19(23(30)31)28(17-8-3-4-9-17)13-15-6-5-7-16(11-15)20-12-18(21(25)29)22(33-20)27-24(26)32/h5-7,11-12,14,17,19H,3-4,8-10,13H2,1-2H3,(H2,25,29)(H,30,31)(H3,26,27,32)/t19-/m0/s1. The fourth-order valence-electron chi connectivity index (χ4n) is 4.51. The number of rotatable bonds is 10. The highest BCUT2D eigenvalue weighted by molar-refractivity contribution is 7.20. The number of primary amides is 2. The highest BCUT2D eigenvalue weighted by Crippen LogP contribution is 2.36. The van der Waals surface area contributed by atoms with Crippen molar-refractivity contribution in [2.24, 2.45) is 17.4 Å². The molecule has 2 aromatic rings. The van der Waals surface area contributed by atoms with Crippen molar-refractivity contribution in [1.29, 1.82) is 0 Å². The SMILES string of the molecule is CC(C)C[C@@H](C(=O)O)N(Cc1cccc(-c2cc(C(N)=O)c(NC(N)=O)s2)c1)C1CCCC1. The van der Waals surface area contributed by atoms with Crippen LogP contribution in [0.1, 0.15) is 61.9 Å². The maximum atomic E-state index is 12.2. The molecule has 3 amide bonds. The van der Waals surface area contributed by atoms with E-state index in [0.29, 0.717) is 18.0 Å². The lowest BCUT2D eigenvalue weighted by atomic mass is 9.98. The molecule has 178 valence electrons. The van der Waals surface area contributed by atoms with E-state index in [0.717, 1.165) is 41.7 Å². The van der Waals surface area contributed by atoms with E-state index in [1.165, 1.54) is 11.3 Å². The molecule has 3 rings (SSSR count). The van der Waals surface area contributed by atoms with Crippen molar-refractivity contribution in [3.63, 3.8) is 0 Å². The second-order valence-electron chi connectivity index (χ2n) is 9.00. The van der Waals surface area contributed by atoms with Crippen molar-refractivity contribution in [2.45, 2.75) is 64.6 Å². The summed E-state index contributed by atoms with van der Waals surface area (Å²) in [5.74, 6) is -1.16.